The molecule has 2 aliphatic rings. The monoisotopic (exact) mass is 458 g/mol. The van der Waals surface area contributed by atoms with E-state index in [1.807, 2.05) is 4.90 Å². The number of rotatable bonds is 3. The van der Waals surface area contributed by atoms with Crippen molar-refractivity contribution < 1.29 is 18.3 Å². The summed E-state index contributed by atoms with van der Waals surface area (Å²) < 4.78 is 35.6. The fourth-order valence-electron chi connectivity index (χ4n) is 4.65. The minimum atomic E-state index is -0.638. The highest BCUT2D eigenvalue weighted by molar-refractivity contribution is 6.12. The van der Waals surface area contributed by atoms with Crippen molar-refractivity contribution in [2.75, 3.05) is 55.8 Å². The molecule has 0 aliphatic carbocycles. The Morgan fingerprint density at radius 1 is 1.21 bits per heavy atom. The Balaban J connectivity index is 1.39. The number of hydrogen-bond acceptors (Lipinski definition) is 8. The number of fused-ring (bicyclic) bond motifs is 1. The standard InChI is InChI=1S/C21H24F2N8O2/c1-29-6-7-33-21(12-29)2-4-30(5-3-21)17-14(23)9-25-10-15(17)27-20(32)16-18(24)28-31-11-13(22)8-26-19(16)31/h8-11H,2-7,12H2,1H3,(H2,24,28)(H,27,32). The number of nitrogens with two attached hydrogens (primary N) is 1. The van der Waals surface area contributed by atoms with Gasteiger partial charge in [0.05, 0.1) is 42.7 Å². The summed E-state index contributed by atoms with van der Waals surface area (Å²) >= 11 is 0. The zero-order chi connectivity index (χ0) is 23.2. The molecule has 0 unspecified atom stereocenters. The van der Waals surface area contributed by atoms with E-state index in [1.54, 1.807) is 0 Å². The Kier molecular flexibility index (Phi) is 5.33. The van der Waals surface area contributed by atoms with Crippen LogP contribution >= 0.6 is 0 Å². The first-order chi connectivity index (χ1) is 15.8. The molecule has 0 bridgehead atoms. The first kappa shape index (κ1) is 21.5. The van der Waals surface area contributed by atoms with Gasteiger partial charge in [-0.05, 0) is 19.9 Å². The molecule has 0 aromatic carbocycles. The van der Waals surface area contributed by atoms with Crippen molar-refractivity contribution in [3.05, 3.63) is 42.0 Å². The Labute approximate surface area is 188 Å². The van der Waals surface area contributed by atoms with Gasteiger partial charge in [-0.25, -0.2) is 18.3 Å². The summed E-state index contributed by atoms with van der Waals surface area (Å²) in [7, 11) is 2.07. The molecule has 5 rings (SSSR count). The number of piperidine rings is 1. The SMILES string of the molecule is CN1CCOC2(CCN(c3c(F)cncc3NC(=O)c3c(N)nn4cc(F)cnc34)CC2)C1. The molecule has 1 amide bonds. The fourth-order valence-corrected chi connectivity index (χ4v) is 4.65. The van der Waals surface area contributed by atoms with Crippen LogP contribution in [0.25, 0.3) is 5.65 Å². The number of carbonyl (C=O) groups is 1. The number of anilines is 3. The molecule has 33 heavy (non-hydrogen) atoms. The second-order valence-electron chi connectivity index (χ2n) is 8.53. The number of amides is 1. The number of morpholine rings is 1. The Morgan fingerprint density at radius 2 is 2.00 bits per heavy atom. The normalized spacial score (nSPS) is 18.7. The van der Waals surface area contributed by atoms with Crippen LogP contribution in [0.3, 0.4) is 0 Å². The molecule has 2 aliphatic heterocycles. The van der Waals surface area contributed by atoms with E-state index in [-0.39, 0.29) is 34.0 Å². The van der Waals surface area contributed by atoms with Gasteiger partial charge < -0.3 is 25.6 Å². The molecule has 0 radical (unpaired) electrons. The predicted molar refractivity (Wildman–Crippen MR) is 117 cm³/mol. The molecular formula is C21H24F2N8O2. The number of halogens is 2. The van der Waals surface area contributed by atoms with E-state index >= 15 is 0 Å². The van der Waals surface area contributed by atoms with Crippen molar-refractivity contribution in [1.29, 1.82) is 0 Å². The Bertz CT molecular complexity index is 1210. The van der Waals surface area contributed by atoms with E-state index in [9.17, 15) is 13.6 Å². The van der Waals surface area contributed by atoms with E-state index in [2.05, 4.69) is 32.3 Å². The summed E-state index contributed by atoms with van der Waals surface area (Å²) in [6.45, 7) is 3.55. The maximum atomic E-state index is 14.9. The molecule has 174 valence electrons. The van der Waals surface area contributed by atoms with E-state index in [0.29, 0.717) is 19.7 Å². The molecular weight excluding hydrogens is 434 g/mol. The van der Waals surface area contributed by atoms with E-state index in [1.165, 1.54) is 6.20 Å². The predicted octanol–water partition coefficient (Wildman–Crippen LogP) is 1.54. The quantitative estimate of drug-likeness (QED) is 0.608. The third-order valence-electron chi connectivity index (χ3n) is 6.25. The van der Waals surface area contributed by atoms with Crippen molar-refractivity contribution in [3.8, 4) is 0 Å². The van der Waals surface area contributed by atoms with Gasteiger partial charge in [0.2, 0.25) is 0 Å². The molecule has 12 heteroatoms. The molecule has 2 saturated heterocycles. The van der Waals surface area contributed by atoms with Crippen LogP contribution in [0.5, 0.6) is 0 Å². The summed E-state index contributed by atoms with van der Waals surface area (Å²) in [5.74, 6) is -1.92. The van der Waals surface area contributed by atoms with Crippen LogP contribution in [0.15, 0.2) is 24.8 Å². The molecule has 3 aromatic rings. The third-order valence-corrected chi connectivity index (χ3v) is 6.25. The molecule has 3 N–H and O–H groups in total. The number of pyridine rings is 1. The van der Waals surface area contributed by atoms with Crippen LogP contribution in [-0.4, -0.2) is 75.8 Å². The molecule has 0 saturated carbocycles. The van der Waals surface area contributed by atoms with Gasteiger partial charge in [-0.15, -0.1) is 5.10 Å². The van der Waals surface area contributed by atoms with Gasteiger partial charge in [0.15, 0.2) is 23.1 Å². The first-order valence-electron chi connectivity index (χ1n) is 10.7. The lowest BCUT2D eigenvalue weighted by molar-refractivity contribution is -0.115. The highest BCUT2D eigenvalue weighted by Gasteiger charge is 2.39. The van der Waals surface area contributed by atoms with E-state index < -0.39 is 17.5 Å². The number of nitrogens with one attached hydrogen (secondary N) is 1. The second kappa shape index (κ2) is 8.19. The van der Waals surface area contributed by atoms with Gasteiger partial charge in [0.25, 0.3) is 5.91 Å². The van der Waals surface area contributed by atoms with Gasteiger partial charge in [0, 0.05) is 26.2 Å². The van der Waals surface area contributed by atoms with Crippen LogP contribution in [-0.2, 0) is 4.74 Å². The lowest BCUT2D eigenvalue weighted by atomic mass is 9.89. The van der Waals surface area contributed by atoms with E-state index in [4.69, 9.17) is 10.5 Å². The molecule has 2 fully saturated rings. The average Bonchev–Trinajstić information content (AvgIpc) is 3.09. The third kappa shape index (κ3) is 3.95. The highest BCUT2D eigenvalue weighted by atomic mass is 19.1. The number of likely N-dealkylation sites (N-methyl/N-ethyl adjacent to an activating group) is 1. The lowest BCUT2D eigenvalue weighted by Gasteiger charge is -2.47. The summed E-state index contributed by atoms with van der Waals surface area (Å²) in [4.78, 5) is 25.0. The first-order valence-corrected chi connectivity index (χ1v) is 10.7. The second-order valence-corrected chi connectivity index (χ2v) is 8.53. The molecule has 3 aromatic heterocycles. The van der Waals surface area contributed by atoms with Crippen LogP contribution in [0.1, 0.15) is 23.2 Å². The smallest absolute Gasteiger partial charge is 0.263 e. The molecule has 0 atom stereocenters. The minimum Gasteiger partial charge on any atom is -0.381 e. The Hall–Kier alpha value is -3.38. The largest absolute Gasteiger partial charge is 0.381 e. The van der Waals surface area contributed by atoms with Crippen LogP contribution < -0.4 is 16.0 Å². The highest BCUT2D eigenvalue weighted by Crippen LogP contribution is 2.36. The summed E-state index contributed by atoms with van der Waals surface area (Å²) in [5.41, 5.74) is 6.18. The van der Waals surface area contributed by atoms with Gasteiger partial charge in [-0.2, -0.15) is 0 Å². The van der Waals surface area contributed by atoms with Crippen molar-refractivity contribution in [1.82, 2.24) is 24.5 Å². The number of aromatic nitrogens is 4. The van der Waals surface area contributed by atoms with Crippen molar-refractivity contribution >= 4 is 28.7 Å². The maximum Gasteiger partial charge on any atom is 0.263 e. The van der Waals surface area contributed by atoms with Crippen molar-refractivity contribution in [3.63, 3.8) is 0 Å². The minimum absolute atomic E-state index is 0.0264. The Morgan fingerprint density at radius 3 is 2.76 bits per heavy atom. The zero-order valence-corrected chi connectivity index (χ0v) is 18.1. The van der Waals surface area contributed by atoms with Gasteiger partial charge in [-0.1, -0.05) is 0 Å². The lowest BCUT2D eigenvalue weighted by Crippen LogP contribution is -2.56. The molecule has 1 spiro atoms. The molecule has 10 nitrogen and oxygen atoms in total. The molecule has 5 heterocycles. The maximum absolute atomic E-state index is 14.9. The van der Waals surface area contributed by atoms with E-state index in [0.717, 1.165) is 49.0 Å². The summed E-state index contributed by atoms with van der Waals surface area (Å²) in [5, 5.41) is 6.62. The average molecular weight is 458 g/mol. The van der Waals surface area contributed by atoms with Gasteiger partial charge in [-0.3, -0.25) is 9.78 Å². The number of hydrogen-bond donors (Lipinski definition) is 2. The number of nitrogens with zero attached hydrogens (tertiary/aromatic N) is 6. The van der Waals surface area contributed by atoms with Crippen molar-refractivity contribution in [2.24, 2.45) is 0 Å². The zero-order valence-electron chi connectivity index (χ0n) is 18.1. The van der Waals surface area contributed by atoms with Crippen LogP contribution in [0.4, 0.5) is 26.0 Å². The number of nitrogen functional groups attached to an aromatic ring is 1. The fraction of sp³-hybridized carbons (Fsp3) is 0.429. The topological polar surface area (TPSA) is 114 Å². The van der Waals surface area contributed by atoms with Gasteiger partial charge >= 0.3 is 0 Å². The number of ether oxygens (including phenoxy) is 1. The van der Waals surface area contributed by atoms with Crippen LogP contribution in [0.2, 0.25) is 0 Å². The van der Waals surface area contributed by atoms with Crippen molar-refractivity contribution in [2.45, 2.75) is 18.4 Å². The number of carbonyl (C=O) groups excluding carboxylic acids is 1. The van der Waals surface area contributed by atoms with Gasteiger partial charge in [0.1, 0.15) is 11.3 Å². The summed E-state index contributed by atoms with van der Waals surface area (Å²) in [6, 6.07) is 0. The van der Waals surface area contributed by atoms with Crippen LogP contribution in [0, 0.1) is 11.6 Å². The summed E-state index contributed by atoms with van der Waals surface area (Å²) in [6.07, 6.45) is 6.02.